The number of halogens is 1. The van der Waals surface area contributed by atoms with Gasteiger partial charge in [-0.3, -0.25) is 9.69 Å². The largest absolute Gasteiger partial charge is 0.308 e. The fourth-order valence-corrected chi connectivity index (χ4v) is 4.01. The van der Waals surface area contributed by atoms with Gasteiger partial charge in [0.1, 0.15) is 5.82 Å². The summed E-state index contributed by atoms with van der Waals surface area (Å²) in [6.45, 7) is 2.35. The zero-order valence-electron chi connectivity index (χ0n) is 15.2. The number of amides is 1. The molecule has 8 heteroatoms. The summed E-state index contributed by atoms with van der Waals surface area (Å²) in [7, 11) is -2.02. The third-order valence-corrected chi connectivity index (χ3v) is 5.58. The normalized spacial score (nSPS) is 16.6. The van der Waals surface area contributed by atoms with Crippen molar-refractivity contribution >= 4 is 21.6 Å². The number of hydrogen-bond donors (Lipinski definition) is 1. The molecule has 2 aromatic rings. The first-order valence-electron chi connectivity index (χ1n) is 8.56. The number of benzene rings is 2. The number of carbonyl (C=O) groups excluding carboxylic acids is 1. The maximum Gasteiger partial charge on any atom is 0.241 e. The SMILES string of the molecule is CC1Cc2cc(S(N)(=O)=O)ccc2N1C(=O)CN(C)Cc1ccccc1F. The van der Waals surface area contributed by atoms with Gasteiger partial charge in [0.15, 0.2) is 0 Å². The standard InChI is InChI=1S/C19H22FN3O3S/c1-13-9-15-10-16(27(21,25)26)7-8-18(15)23(13)19(24)12-22(2)11-14-5-3-4-6-17(14)20/h3-8,10,13H,9,11-12H2,1-2H3,(H2,21,25,26). The number of primary sulfonamides is 1. The number of fused-ring (bicyclic) bond motifs is 1. The van der Waals surface area contributed by atoms with Gasteiger partial charge in [-0.05, 0) is 50.2 Å². The second kappa shape index (κ2) is 7.38. The predicted molar refractivity (Wildman–Crippen MR) is 101 cm³/mol. The third-order valence-electron chi connectivity index (χ3n) is 4.67. The van der Waals surface area contributed by atoms with Crippen LogP contribution in [0.1, 0.15) is 18.1 Å². The molecule has 2 N–H and O–H groups in total. The van der Waals surface area contributed by atoms with Gasteiger partial charge in [-0.1, -0.05) is 18.2 Å². The molecule has 0 saturated heterocycles. The predicted octanol–water partition coefficient (Wildman–Crippen LogP) is 1.88. The Labute approximate surface area is 158 Å². The fourth-order valence-electron chi connectivity index (χ4n) is 3.44. The van der Waals surface area contributed by atoms with Crippen molar-refractivity contribution < 1.29 is 17.6 Å². The summed E-state index contributed by atoms with van der Waals surface area (Å²) in [5, 5.41) is 5.19. The van der Waals surface area contributed by atoms with Crippen molar-refractivity contribution in [1.82, 2.24) is 4.90 Å². The lowest BCUT2D eigenvalue weighted by Gasteiger charge is -2.26. The lowest BCUT2D eigenvalue weighted by Crippen LogP contribution is -2.42. The molecule has 1 heterocycles. The van der Waals surface area contributed by atoms with Gasteiger partial charge in [0.25, 0.3) is 0 Å². The van der Waals surface area contributed by atoms with E-state index in [1.54, 1.807) is 41.1 Å². The van der Waals surface area contributed by atoms with Crippen LogP contribution in [-0.2, 0) is 27.8 Å². The third kappa shape index (κ3) is 4.18. The van der Waals surface area contributed by atoms with Crippen LogP contribution in [0.5, 0.6) is 0 Å². The lowest BCUT2D eigenvalue weighted by atomic mass is 10.1. The molecule has 3 rings (SSSR count). The number of nitrogens with zero attached hydrogens (tertiary/aromatic N) is 2. The summed E-state index contributed by atoms with van der Waals surface area (Å²) >= 11 is 0. The molecule has 2 aromatic carbocycles. The minimum atomic E-state index is -3.78. The van der Waals surface area contributed by atoms with Crippen LogP contribution < -0.4 is 10.0 Å². The van der Waals surface area contributed by atoms with Crippen molar-refractivity contribution in [3.05, 3.63) is 59.4 Å². The molecule has 1 amide bonds. The van der Waals surface area contributed by atoms with Gasteiger partial charge in [-0.25, -0.2) is 17.9 Å². The molecule has 0 aromatic heterocycles. The highest BCUT2D eigenvalue weighted by Gasteiger charge is 2.32. The topological polar surface area (TPSA) is 83.7 Å². The Balaban J connectivity index is 1.75. The minimum Gasteiger partial charge on any atom is -0.308 e. The number of rotatable bonds is 5. The van der Waals surface area contributed by atoms with E-state index in [0.29, 0.717) is 24.2 Å². The Morgan fingerprint density at radius 1 is 1.30 bits per heavy atom. The summed E-state index contributed by atoms with van der Waals surface area (Å²) < 4.78 is 36.9. The summed E-state index contributed by atoms with van der Waals surface area (Å²) in [6.07, 6.45) is 0.557. The molecule has 1 atom stereocenters. The number of nitrogens with two attached hydrogens (primary N) is 1. The van der Waals surface area contributed by atoms with Crippen LogP contribution in [-0.4, -0.2) is 38.9 Å². The molecule has 1 aliphatic rings. The van der Waals surface area contributed by atoms with Gasteiger partial charge in [-0.2, -0.15) is 0 Å². The molecule has 0 spiro atoms. The number of carbonyl (C=O) groups is 1. The van der Waals surface area contributed by atoms with E-state index in [9.17, 15) is 17.6 Å². The molecule has 0 aliphatic carbocycles. The van der Waals surface area contributed by atoms with Crippen LogP contribution in [0.3, 0.4) is 0 Å². The van der Waals surface area contributed by atoms with Gasteiger partial charge in [0.05, 0.1) is 11.4 Å². The van der Waals surface area contributed by atoms with Gasteiger partial charge in [0, 0.05) is 23.8 Å². The molecular formula is C19H22FN3O3S. The molecule has 0 bridgehead atoms. The van der Waals surface area contributed by atoms with E-state index in [1.807, 2.05) is 6.92 Å². The number of anilines is 1. The fraction of sp³-hybridized carbons (Fsp3) is 0.316. The molecule has 1 aliphatic heterocycles. The van der Waals surface area contributed by atoms with Crippen LogP contribution >= 0.6 is 0 Å². The van der Waals surface area contributed by atoms with Gasteiger partial charge in [0.2, 0.25) is 15.9 Å². The van der Waals surface area contributed by atoms with Crippen LogP contribution in [0.15, 0.2) is 47.4 Å². The molecule has 0 fully saturated rings. The molecule has 0 radical (unpaired) electrons. The van der Waals surface area contributed by atoms with Crippen molar-refractivity contribution in [3.63, 3.8) is 0 Å². The Hall–Kier alpha value is -2.29. The van der Waals surface area contributed by atoms with Crippen LogP contribution in [0.25, 0.3) is 0 Å². The number of sulfonamides is 1. The smallest absolute Gasteiger partial charge is 0.241 e. The quantitative estimate of drug-likeness (QED) is 0.844. The maximum absolute atomic E-state index is 13.8. The maximum atomic E-state index is 13.8. The first kappa shape index (κ1) is 19.5. The average Bonchev–Trinajstić information content (AvgIpc) is 2.91. The van der Waals surface area contributed by atoms with Crippen molar-refractivity contribution in [3.8, 4) is 0 Å². The Morgan fingerprint density at radius 2 is 2.00 bits per heavy atom. The molecule has 144 valence electrons. The Bertz CT molecular complexity index is 978. The average molecular weight is 391 g/mol. The van der Waals surface area contributed by atoms with E-state index >= 15 is 0 Å². The summed E-state index contributed by atoms with van der Waals surface area (Å²) in [6, 6.07) is 10.9. The molecule has 1 unspecified atom stereocenters. The number of hydrogen-bond acceptors (Lipinski definition) is 4. The Morgan fingerprint density at radius 3 is 2.67 bits per heavy atom. The first-order chi connectivity index (χ1) is 12.7. The van der Waals surface area contributed by atoms with E-state index in [0.717, 1.165) is 5.56 Å². The van der Waals surface area contributed by atoms with Crippen molar-refractivity contribution in [2.45, 2.75) is 30.8 Å². The zero-order chi connectivity index (χ0) is 19.8. The van der Waals surface area contributed by atoms with E-state index < -0.39 is 10.0 Å². The van der Waals surface area contributed by atoms with Crippen molar-refractivity contribution in [2.75, 3.05) is 18.5 Å². The molecular weight excluding hydrogens is 369 g/mol. The zero-order valence-corrected chi connectivity index (χ0v) is 16.0. The highest BCUT2D eigenvalue weighted by molar-refractivity contribution is 7.89. The summed E-state index contributed by atoms with van der Waals surface area (Å²) in [4.78, 5) is 16.3. The molecule has 6 nitrogen and oxygen atoms in total. The van der Waals surface area contributed by atoms with Crippen molar-refractivity contribution in [2.24, 2.45) is 5.14 Å². The second-order valence-electron chi connectivity index (χ2n) is 6.92. The van der Waals surface area contributed by atoms with E-state index in [2.05, 4.69) is 0 Å². The highest BCUT2D eigenvalue weighted by atomic mass is 32.2. The van der Waals surface area contributed by atoms with Crippen LogP contribution in [0, 0.1) is 5.82 Å². The highest BCUT2D eigenvalue weighted by Crippen LogP contribution is 2.33. The summed E-state index contributed by atoms with van der Waals surface area (Å²) in [5.74, 6) is -0.421. The van der Waals surface area contributed by atoms with Gasteiger partial charge >= 0.3 is 0 Å². The monoisotopic (exact) mass is 391 g/mol. The number of likely N-dealkylation sites (N-methyl/N-ethyl adjacent to an activating group) is 1. The van der Waals surface area contributed by atoms with E-state index in [4.69, 9.17) is 5.14 Å². The molecule has 0 saturated carbocycles. The van der Waals surface area contributed by atoms with Gasteiger partial charge in [-0.15, -0.1) is 0 Å². The Kier molecular flexibility index (Phi) is 5.32. The first-order valence-corrected chi connectivity index (χ1v) is 10.1. The lowest BCUT2D eigenvalue weighted by molar-refractivity contribution is -0.119. The van der Waals surface area contributed by atoms with Crippen LogP contribution in [0.2, 0.25) is 0 Å². The summed E-state index contributed by atoms with van der Waals surface area (Å²) in [5.41, 5.74) is 2.00. The molecule has 27 heavy (non-hydrogen) atoms. The van der Waals surface area contributed by atoms with E-state index in [-0.39, 0.29) is 29.2 Å². The minimum absolute atomic E-state index is 0.0411. The van der Waals surface area contributed by atoms with E-state index in [1.165, 1.54) is 18.2 Å². The second-order valence-corrected chi connectivity index (χ2v) is 8.48. The van der Waals surface area contributed by atoms with Crippen LogP contribution in [0.4, 0.5) is 10.1 Å². The van der Waals surface area contributed by atoms with Crippen molar-refractivity contribution in [1.29, 1.82) is 0 Å². The van der Waals surface area contributed by atoms with Gasteiger partial charge < -0.3 is 4.90 Å².